The van der Waals surface area contributed by atoms with E-state index in [0.717, 1.165) is 12.8 Å². The van der Waals surface area contributed by atoms with Gasteiger partial charge in [-0.05, 0) is 18.3 Å². The summed E-state index contributed by atoms with van der Waals surface area (Å²) in [6.45, 7) is 3.56. The maximum absolute atomic E-state index is 11.9. The van der Waals surface area contributed by atoms with E-state index in [1.165, 1.54) is 0 Å². The van der Waals surface area contributed by atoms with Crippen LogP contribution in [0.5, 0.6) is 0 Å². The second kappa shape index (κ2) is 4.68. The highest BCUT2D eigenvalue weighted by atomic mass is 19.3. The van der Waals surface area contributed by atoms with Crippen LogP contribution in [-0.4, -0.2) is 32.1 Å². The molecule has 0 aromatic rings. The van der Waals surface area contributed by atoms with Gasteiger partial charge < -0.3 is 10.1 Å². The number of hydrogen-bond donors (Lipinski definition) is 1. The number of rotatable bonds is 3. The monoisotopic (exact) mass is 207 g/mol. The van der Waals surface area contributed by atoms with E-state index in [9.17, 15) is 13.6 Å². The van der Waals surface area contributed by atoms with Crippen molar-refractivity contribution in [1.29, 1.82) is 0 Å². The van der Waals surface area contributed by atoms with Crippen LogP contribution in [0.15, 0.2) is 0 Å². The van der Waals surface area contributed by atoms with Crippen LogP contribution in [0.1, 0.15) is 19.8 Å². The lowest BCUT2D eigenvalue weighted by molar-refractivity contribution is -0.132. The lowest BCUT2D eigenvalue weighted by atomic mass is 9.82. The fourth-order valence-electron chi connectivity index (χ4n) is 1.42. The van der Waals surface area contributed by atoms with Gasteiger partial charge >= 0.3 is 6.43 Å². The first-order chi connectivity index (χ1) is 6.53. The van der Waals surface area contributed by atoms with E-state index in [0.29, 0.717) is 19.8 Å². The molecule has 1 N–H and O–H groups in total. The normalized spacial score (nSPS) is 20.9. The van der Waals surface area contributed by atoms with Crippen LogP contribution in [-0.2, 0) is 9.53 Å². The van der Waals surface area contributed by atoms with Gasteiger partial charge in [-0.25, -0.2) is 0 Å². The summed E-state index contributed by atoms with van der Waals surface area (Å²) in [6.07, 6.45) is -1.31. The number of nitrogens with one attached hydrogen (secondary N) is 1. The highest BCUT2D eigenvalue weighted by Crippen LogP contribution is 2.28. The van der Waals surface area contributed by atoms with E-state index in [2.05, 4.69) is 5.32 Å². The first kappa shape index (κ1) is 11.4. The SMILES string of the molecule is CC1(CNC(=O)C(F)F)CCOCC1. The minimum absolute atomic E-state index is 0.0944. The van der Waals surface area contributed by atoms with Gasteiger partial charge in [0.2, 0.25) is 0 Å². The zero-order valence-corrected chi connectivity index (χ0v) is 8.19. The van der Waals surface area contributed by atoms with Crippen molar-refractivity contribution in [3.05, 3.63) is 0 Å². The molecule has 82 valence electrons. The van der Waals surface area contributed by atoms with Gasteiger partial charge in [-0.1, -0.05) is 6.92 Å². The quantitative estimate of drug-likeness (QED) is 0.754. The maximum Gasteiger partial charge on any atom is 0.315 e. The third-order valence-corrected chi connectivity index (χ3v) is 2.59. The minimum atomic E-state index is -2.92. The summed E-state index contributed by atoms with van der Waals surface area (Å²) < 4.78 is 28.9. The van der Waals surface area contributed by atoms with Crippen LogP contribution in [0.4, 0.5) is 8.78 Å². The Bertz CT molecular complexity index is 203. The molecular formula is C9H15F2NO2. The molecule has 1 saturated heterocycles. The van der Waals surface area contributed by atoms with Gasteiger partial charge in [0.1, 0.15) is 0 Å². The van der Waals surface area contributed by atoms with Crippen molar-refractivity contribution < 1.29 is 18.3 Å². The smallest absolute Gasteiger partial charge is 0.315 e. The fourth-order valence-corrected chi connectivity index (χ4v) is 1.42. The zero-order chi connectivity index (χ0) is 10.6. The molecule has 1 fully saturated rings. The third kappa shape index (κ3) is 3.21. The van der Waals surface area contributed by atoms with Crippen molar-refractivity contribution in [2.75, 3.05) is 19.8 Å². The molecule has 0 radical (unpaired) electrons. The van der Waals surface area contributed by atoms with Crippen LogP contribution >= 0.6 is 0 Å². The van der Waals surface area contributed by atoms with Gasteiger partial charge in [-0.2, -0.15) is 8.78 Å². The molecule has 0 atom stereocenters. The van der Waals surface area contributed by atoms with Crippen LogP contribution in [0.2, 0.25) is 0 Å². The molecule has 1 aliphatic heterocycles. The molecule has 1 heterocycles. The molecule has 0 saturated carbocycles. The number of amides is 1. The molecule has 0 aliphatic carbocycles. The first-order valence-electron chi connectivity index (χ1n) is 4.67. The number of carbonyl (C=O) groups is 1. The highest BCUT2D eigenvalue weighted by molar-refractivity contribution is 5.79. The molecule has 0 spiro atoms. The largest absolute Gasteiger partial charge is 0.381 e. The summed E-state index contributed by atoms with van der Waals surface area (Å²) in [5, 5.41) is 2.25. The van der Waals surface area contributed by atoms with Gasteiger partial charge in [0, 0.05) is 19.8 Å². The molecule has 14 heavy (non-hydrogen) atoms. The Balaban J connectivity index is 2.32. The van der Waals surface area contributed by atoms with Crippen LogP contribution in [0.3, 0.4) is 0 Å². The Kier molecular flexibility index (Phi) is 3.80. The van der Waals surface area contributed by atoms with E-state index in [-0.39, 0.29) is 5.41 Å². The van der Waals surface area contributed by atoms with E-state index in [1.54, 1.807) is 0 Å². The summed E-state index contributed by atoms with van der Waals surface area (Å²) in [5.74, 6) is -1.18. The second-order valence-corrected chi connectivity index (χ2v) is 3.94. The number of alkyl halides is 2. The van der Waals surface area contributed by atoms with Crippen LogP contribution in [0.25, 0.3) is 0 Å². The summed E-state index contributed by atoms with van der Waals surface area (Å²) in [6, 6.07) is 0. The Hall–Kier alpha value is -0.710. The summed E-state index contributed by atoms with van der Waals surface area (Å²) >= 11 is 0. The van der Waals surface area contributed by atoms with Crippen molar-refractivity contribution in [2.45, 2.75) is 26.2 Å². The highest BCUT2D eigenvalue weighted by Gasteiger charge is 2.28. The summed E-state index contributed by atoms with van der Waals surface area (Å²) in [5.41, 5.74) is -0.0944. The van der Waals surface area contributed by atoms with Crippen molar-refractivity contribution in [1.82, 2.24) is 5.32 Å². The molecule has 0 aromatic carbocycles. The maximum atomic E-state index is 11.9. The molecule has 5 heteroatoms. The minimum Gasteiger partial charge on any atom is -0.381 e. The summed E-state index contributed by atoms with van der Waals surface area (Å²) in [4.78, 5) is 10.6. The van der Waals surface area contributed by atoms with Gasteiger partial charge in [-0.3, -0.25) is 4.79 Å². The lowest BCUT2D eigenvalue weighted by Gasteiger charge is -2.33. The number of ether oxygens (including phenoxy) is 1. The Morgan fingerprint density at radius 3 is 2.57 bits per heavy atom. The summed E-state index contributed by atoms with van der Waals surface area (Å²) in [7, 11) is 0. The van der Waals surface area contributed by atoms with Gasteiger partial charge in [0.25, 0.3) is 5.91 Å². The van der Waals surface area contributed by atoms with Crippen LogP contribution in [0, 0.1) is 5.41 Å². The zero-order valence-electron chi connectivity index (χ0n) is 8.19. The topological polar surface area (TPSA) is 38.3 Å². The number of carbonyl (C=O) groups excluding carboxylic acids is 1. The molecule has 1 aliphatic rings. The molecular weight excluding hydrogens is 192 g/mol. The molecule has 0 aromatic heterocycles. The predicted molar refractivity (Wildman–Crippen MR) is 47.2 cm³/mol. The standard InChI is InChI=1S/C9H15F2NO2/c1-9(2-4-14-5-3-9)6-12-8(13)7(10)11/h7H,2-6H2,1H3,(H,12,13). The van der Waals surface area contributed by atoms with E-state index >= 15 is 0 Å². The van der Waals surface area contributed by atoms with Crippen molar-refractivity contribution >= 4 is 5.91 Å². The molecule has 0 unspecified atom stereocenters. The van der Waals surface area contributed by atoms with Gasteiger partial charge in [-0.15, -0.1) is 0 Å². The van der Waals surface area contributed by atoms with Crippen LogP contribution < -0.4 is 5.32 Å². The Morgan fingerprint density at radius 1 is 1.50 bits per heavy atom. The van der Waals surface area contributed by atoms with E-state index in [1.807, 2.05) is 6.92 Å². The average molecular weight is 207 g/mol. The van der Waals surface area contributed by atoms with E-state index < -0.39 is 12.3 Å². The van der Waals surface area contributed by atoms with Crippen molar-refractivity contribution in [3.8, 4) is 0 Å². The first-order valence-corrected chi connectivity index (χ1v) is 4.67. The molecule has 0 bridgehead atoms. The molecule has 3 nitrogen and oxygen atoms in total. The third-order valence-electron chi connectivity index (χ3n) is 2.59. The molecule has 1 amide bonds. The lowest BCUT2D eigenvalue weighted by Crippen LogP contribution is -2.41. The van der Waals surface area contributed by atoms with Gasteiger partial charge in [0.15, 0.2) is 0 Å². The fraction of sp³-hybridized carbons (Fsp3) is 0.889. The predicted octanol–water partition coefficient (Wildman–Crippen LogP) is 1.18. The number of halogens is 2. The Morgan fingerprint density at radius 2 is 2.07 bits per heavy atom. The number of hydrogen-bond acceptors (Lipinski definition) is 2. The second-order valence-electron chi connectivity index (χ2n) is 3.94. The van der Waals surface area contributed by atoms with Gasteiger partial charge in [0.05, 0.1) is 0 Å². The molecule has 1 rings (SSSR count). The van der Waals surface area contributed by atoms with Crippen molar-refractivity contribution in [3.63, 3.8) is 0 Å². The Labute approximate surface area is 81.8 Å². The van der Waals surface area contributed by atoms with Crippen molar-refractivity contribution in [2.24, 2.45) is 5.41 Å². The average Bonchev–Trinajstić information content (AvgIpc) is 2.15. The van der Waals surface area contributed by atoms with E-state index in [4.69, 9.17) is 4.74 Å².